The zero-order valence-corrected chi connectivity index (χ0v) is 26.0. The van der Waals surface area contributed by atoms with Crippen LogP contribution in [-0.4, -0.2) is 86.3 Å². The number of hydrogen-bond acceptors (Lipinski definition) is 7. The first kappa shape index (κ1) is 30.5. The van der Waals surface area contributed by atoms with Gasteiger partial charge in [-0.25, -0.2) is 4.98 Å². The molecule has 0 spiro atoms. The molecule has 1 amide bonds. The van der Waals surface area contributed by atoms with Crippen molar-refractivity contribution < 1.29 is 19.0 Å². The van der Waals surface area contributed by atoms with Gasteiger partial charge < -0.3 is 34.3 Å². The normalized spacial score (nSPS) is 14.8. The van der Waals surface area contributed by atoms with Crippen molar-refractivity contribution in [3.63, 3.8) is 0 Å². The fourth-order valence-corrected chi connectivity index (χ4v) is 6.01. The number of halogens is 1. The third-order valence-electron chi connectivity index (χ3n) is 8.18. The number of carbonyl (C=O) groups is 1. The summed E-state index contributed by atoms with van der Waals surface area (Å²) in [5, 5.41) is 4.28. The van der Waals surface area contributed by atoms with Gasteiger partial charge in [0.05, 0.1) is 32.4 Å². The first-order valence-electron chi connectivity index (χ1n) is 14.6. The number of hydrogen-bond donors (Lipinski definition) is 2. The molecule has 0 radical (unpaired) electrons. The van der Waals surface area contributed by atoms with Gasteiger partial charge in [-0.15, -0.1) is 0 Å². The van der Waals surface area contributed by atoms with E-state index in [1.165, 1.54) is 0 Å². The van der Waals surface area contributed by atoms with Crippen LogP contribution in [0.15, 0.2) is 60.7 Å². The Hall–Kier alpha value is -3.95. The van der Waals surface area contributed by atoms with Crippen molar-refractivity contribution in [1.29, 1.82) is 0 Å². The summed E-state index contributed by atoms with van der Waals surface area (Å²) in [6.07, 6.45) is 2.98. The van der Waals surface area contributed by atoms with Crippen molar-refractivity contribution in [2.24, 2.45) is 0 Å². The summed E-state index contributed by atoms with van der Waals surface area (Å²) in [5.74, 6) is 2.18. The molecule has 4 aromatic rings. The quantitative estimate of drug-likeness (QED) is 0.203. The van der Waals surface area contributed by atoms with E-state index in [1.54, 1.807) is 38.4 Å². The summed E-state index contributed by atoms with van der Waals surface area (Å²) in [7, 11) is 6.46. The summed E-state index contributed by atoms with van der Waals surface area (Å²) >= 11 is 6.39. The van der Waals surface area contributed by atoms with Crippen LogP contribution in [0.2, 0.25) is 5.02 Å². The molecule has 228 valence electrons. The van der Waals surface area contributed by atoms with Gasteiger partial charge in [0.15, 0.2) is 11.5 Å². The van der Waals surface area contributed by atoms with Crippen molar-refractivity contribution in [1.82, 2.24) is 19.8 Å². The fourth-order valence-electron chi connectivity index (χ4n) is 5.82. The molecule has 1 saturated heterocycles. The second-order valence-corrected chi connectivity index (χ2v) is 11.4. The SMILES string of the molecule is COc1cc(C(=O)N(C)CC(CCN2CCC(Nc3nc4ccccc4[nH]3)CC2)c2cccc(Cl)c2)cc(OC)c1OC. The maximum atomic E-state index is 13.6. The zero-order valence-electron chi connectivity index (χ0n) is 25.2. The van der Waals surface area contributed by atoms with Crippen LogP contribution in [0.4, 0.5) is 5.95 Å². The molecule has 2 heterocycles. The Morgan fingerprint density at radius 1 is 1.05 bits per heavy atom. The van der Waals surface area contributed by atoms with Crippen LogP contribution < -0.4 is 19.5 Å². The maximum Gasteiger partial charge on any atom is 0.253 e. The first-order valence-corrected chi connectivity index (χ1v) is 15.0. The number of anilines is 1. The minimum Gasteiger partial charge on any atom is -0.493 e. The van der Waals surface area contributed by atoms with Gasteiger partial charge in [0.2, 0.25) is 11.7 Å². The van der Waals surface area contributed by atoms with Crippen molar-refractivity contribution in [2.75, 3.05) is 59.9 Å². The van der Waals surface area contributed by atoms with Crippen LogP contribution in [0.1, 0.15) is 41.1 Å². The summed E-state index contributed by atoms with van der Waals surface area (Å²) in [5.41, 5.74) is 3.62. The summed E-state index contributed by atoms with van der Waals surface area (Å²) in [6, 6.07) is 19.8. The fraction of sp³-hybridized carbons (Fsp3) is 0.394. The Labute approximate surface area is 258 Å². The monoisotopic (exact) mass is 605 g/mol. The molecule has 3 aromatic carbocycles. The molecule has 1 atom stereocenters. The van der Waals surface area contributed by atoms with Gasteiger partial charge in [0, 0.05) is 49.2 Å². The number of fused-ring (bicyclic) bond motifs is 1. The summed E-state index contributed by atoms with van der Waals surface area (Å²) in [4.78, 5) is 25.9. The Balaban J connectivity index is 1.22. The molecular weight excluding hydrogens is 566 g/mol. The van der Waals surface area contributed by atoms with E-state index in [-0.39, 0.29) is 11.8 Å². The summed E-state index contributed by atoms with van der Waals surface area (Å²) in [6.45, 7) is 3.47. The number of nitrogens with one attached hydrogen (secondary N) is 2. The predicted octanol–water partition coefficient (Wildman–Crippen LogP) is 6.06. The lowest BCUT2D eigenvalue weighted by atomic mass is 9.94. The lowest BCUT2D eigenvalue weighted by molar-refractivity contribution is 0.0781. The van der Waals surface area contributed by atoms with Gasteiger partial charge in [-0.1, -0.05) is 35.9 Å². The molecule has 10 heteroatoms. The highest BCUT2D eigenvalue weighted by atomic mass is 35.5. The predicted molar refractivity (Wildman–Crippen MR) is 171 cm³/mol. The van der Waals surface area contributed by atoms with E-state index in [0.29, 0.717) is 40.4 Å². The molecule has 0 bridgehead atoms. The smallest absolute Gasteiger partial charge is 0.253 e. The average molecular weight is 606 g/mol. The third kappa shape index (κ3) is 7.35. The Morgan fingerprint density at radius 2 is 1.77 bits per heavy atom. The number of aromatic nitrogens is 2. The number of likely N-dealkylation sites (tertiary alicyclic amines) is 1. The number of carbonyl (C=O) groups excluding carboxylic acids is 1. The molecule has 43 heavy (non-hydrogen) atoms. The molecule has 2 N–H and O–H groups in total. The van der Waals surface area contributed by atoms with Crippen molar-refractivity contribution in [3.8, 4) is 17.2 Å². The van der Waals surface area contributed by atoms with Crippen LogP contribution in [0, 0.1) is 0 Å². The summed E-state index contributed by atoms with van der Waals surface area (Å²) < 4.78 is 16.4. The minimum atomic E-state index is -0.122. The lowest BCUT2D eigenvalue weighted by Crippen LogP contribution is -2.40. The van der Waals surface area contributed by atoms with Gasteiger partial charge in [-0.2, -0.15) is 0 Å². The number of ether oxygens (including phenoxy) is 3. The van der Waals surface area contributed by atoms with E-state index in [4.69, 9.17) is 25.8 Å². The molecule has 0 saturated carbocycles. The van der Waals surface area contributed by atoms with E-state index >= 15 is 0 Å². The van der Waals surface area contributed by atoms with E-state index in [0.717, 1.165) is 61.4 Å². The number of rotatable bonds is 12. The number of nitrogens with zero attached hydrogens (tertiary/aromatic N) is 3. The second kappa shape index (κ2) is 14.0. The van der Waals surface area contributed by atoms with Gasteiger partial charge in [0.1, 0.15) is 0 Å². The molecule has 1 fully saturated rings. The molecule has 0 aliphatic carbocycles. The number of aromatic amines is 1. The van der Waals surface area contributed by atoms with Crippen LogP contribution in [0.3, 0.4) is 0 Å². The van der Waals surface area contributed by atoms with Crippen molar-refractivity contribution >= 4 is 34.5 Å². The van der Waals surface area contributed by atoms with Gasteiger partial charge in [-0.3, -0.25) is 4.79 Å². The van der Waals surface area contributed by atoms with Gasteiger partial charge in [-0.05, 0) is 67.8 Å². The molecule has 1 aliphatic heterocycles. The highest BCUT2D eigenvalue weighted by molar-refractivity contribution is 6.30. The number of para-hydroxylation sites is 2. The van der Waals surface area contributed by atoms with E-state index in [1.807, 2.05) is 49.5 Å². The van der Waals surface area contributed by atoms with Crippen LogP contribution >= 0.6 is 11.6 Å². The average Bonchev–Trinajstić information content (AvgIpc) is 3.44. The maximum absolute atomic E-state index is 13.6. The minimum absolute atomic E-state index is 0.112. The van der Waals surface area contributed by atoms with Crippen molar-refractivity contribution in [3.05, 3.63) is 76.8 Å². The van der Waals surface area contributed by atoms with E-state index < -0.39 is 0 Å². The molecule has 1 unspecified atom stereocenters. The number of methoxy groups -OCH3 is 3. The Morgan fingerprint density at radius 3 is 2.42 bits per heavy atom. The van der Waals surface area contributed by atoms with Crippen LogP contribution in [0.25, 0.3) is 11.0 Å². The number of piperidine rings is 1. The second-order valence-electron chi connectivity index (χ2n) is 11.0. The molecule has 5 rings (SSSR count). The van der Waals surface area contributed by atoms with Crippen LogP contribution in [-0.2, 0) is 0 Å². The molecule has 1 aliphatic rings. The Bertz CT molecular complexity index is 1480. The van der Waals surface area contributed by atoms with Crippen molar-refractivity contribution in [2.45, 2.75) is 31.2 Å². The first-order chi connectivity index (χ1) is 20.9. The number of amides is 1. The highest BCUT2D eigenvalue weighted by Crippen LogP contribution is 2.38. The van der Waals surface area contributed by atoms with E-state index in [2.05, 4.69) is 26.3 Å². The number of H-pyrrole nitrogens is 1. The lowest BCUT2D eigenvalue weighted by Gasteiger charge is -2.34. The number of benzene rings is 3. The number of likely N-dealkylation sites (N-methyl/N-ethyl adjacent to an activating group) is 1. The molecule has 9 nitrogen and oxygen atoms in total. The molecular formula is C33H40ClN5O4. The van der Waals surface area contributed by atoms with E-state index in [9.17, 15) is 4.79 Å². The third-order valence-corrected chi connectivity index (χ3v) is 8.42. The molecule has 1 aromatic heterocycles. The largest absolute Gasteiger partial charge is 0.493 e. The zero-order chi connectivity index (χ0) is 30.3. The Kier molecular flexibility index (Phi) is 9.94. The van der Waals surface area contributed by atoms with Gasteiger partial charge in [0.25, 0.3) is 5.91 Å². The van der Waals surface area contributed by atoms with Crippen LogP contribution in [0.5, 0.6) is 17.2 Å². The standard InChI is InChI=1S/C33H40ClN5O4/c1-38(32(40)24-19-29(41-2)31(43-4)30(20-24)42-3)21-23(22-8-7-9-25(34)18-22)12-15-39-16-13-26(14-17-39)35-33-36-27-10-5-6-11-28(27)37-33/h5-11,18-20,23,26H,12-17,21H2,1-4H3,(H2,35,36,37). The highest BCUT2D eigenvalue weighted by Gasteiger charge is 2.25. The number of imidazole rings is 1. The topological polar surface area (TPSA) is 92.0 Å². The van der Waals surface area contributed by atoms with Gasteiger partial charge >= 0.3 is 0 Å².